The van der Waals surface area contributed by atoms with Crippen LogP contribution in [0.1, 0.15) is 13.3 Å². The Balaban J connectivity index is 1.76. The van der Waals surface area contributed by atoms with Gasteiger partial charge in [0.15, 0.2) is 6.04 Å². The Labute approximate surface area is 134 Å². The van der Waals surface area contributed by atoms with Gasteiger partial charge in [0.05, 0.1) is 31.8 Å². The van der Waals surface area contributed by atoms with E-state index in [0.29, 0.717) is 18.7 Å². The van der Waals surface area contributed by atoms with Gasteiger partial charge in [-0.2, -0.15) is 11.8 Å². The summed E-state index contributed by atoms with van der Waals surface area (Å²) in [6.45, 7) is 4.45. The van der Waals surface area contributed by atoms with Gasteiger partial charge in [-0.3, -0.25) is 9.59 Å². The first-order valence-corrected chi connectivity index (χ1v) is 8.88. The maximum absolute atomic E-state index is 12.7. The summed E-state index contributed by atoms with van der Waals surface area (Å²) < 4.78 is 5.40. The third-order valence-electron chi connectivity index (χ3n) is 4.18. The van der Waals surface area contributed by atoms with Gasteiger partial charge in [0.1, 0.15) is 5.75 Å². The Bertz CT molecular complexity index is 555. The van der Waals surface area contributed by atoms with Crippen molar-refractivity contribution in [2.75, 3.05) is 36.1 Å². The fourth-order valence-corrected chi connectivity index (χ4v) is 4.08. The molecular weight excluding hydrogens is 300 g/mol. The van der Waals surface area contributed by atoms with E-state index in [-0.39, 0.29) is 17.9 Å². The molecular formula is C16H21N2O3S+. The Morgan fingerprint density at radius 3 is 2.55 bits per heavy atom. The number of thioether (sulfide) groups is 1. The smallest absolute Gasteiger partial charge is 0.292 e. The Morgan fingerprint density at radius 2 is 1.91 bits per heavy atom. The normalized spacial score (nSPS) is 23.1. The molecule has 0 saturated carbocycles. The first-order valence-electron chi connectivity index (χ1n) is 7.72. The van der Waals surface area contributed by atoms with Crippen LogP contribution in [0.4, 0.5) is 5.69 Å². The lowest BCUT2D eigenvalue weighted by Crippen LogP contribution is -3.18. The molecule has 1 aromatic carbocycles. The van der Waals surface area contributed by atoms with Gasteiger partial charge in [0.25, 0.3) is 5.91 Å². The number of nitrogens with one attached hydrogen (secondary N) is 1. The molecule has 3 rings (SSSR count). The summed E-state index contributed by atoms with van der Waals surface area (Å²) in [5.74, 6) is 2.73. The zero-order chi connectivity index (χ0) is 15.5. The lowest BCUT2D eigenvalue weighted by atomic mass is 10.2. The molecule has 118 valence electrons. The van der Waals surface area contributed by atoms with Crippen molar-refractivity contribution in [3.63, 3.8) is 0 Å². The summed E-state index contributed by atoms with van der Waals surface area (Å²) in [5.41, 5.74) is 0.645. The van der Waals surface area contributed by atoms with Gasteiger partial charge in [0.2, 0.25) is 5.91 Å². The molecule has 2 aliphatic heterocycles. The van der Waals surface area contributed by atoms with E-state index < -0.39 is 0 Å². The number of carbonyl (C=O) groups is 2. The molecule has 2 saturated heterocycles. The maximum Gasteiger partial charge on any atom is 0.292 e. The van der Waals surface area contributed by atoms with Crippen molar-refractivity contribution in [1.29, 1.82) is 0 Å². The molecule has 1 atom stereocenters. The number of nitrogens with zero attached hydrogens (tertiary/aromatic N) is 1. The fraction of sp³-hybridized carbons (Fsp3) is 0.500. The van der Waals surface area contributed by atoms with Gasteiger partial charge in [-0.25, -0.2) is 4.90 Å². The highest BCUT2D eigenvalue weighted by Gasteiger charge is 2.45. The number of hydrogen-bond donors (Lipinski definition) is 1. The van der Waals surface area contributed by atoms with Crippen LogP contribution in [-0.4, -0.2) is 49.1 Å². The second-order valence-corrected chi connectivity index (χ2v) is 6.75. The molecule has 0 aliphatic carbocycles. The van der Waals surface area contributed by atoms with E-state index in [1.807, 2.05) is 18.7 Å². The first kappa shape index (κ1) is 15.4. The standard InChI is InChI=1S/C16H20N2O3S/c1-2-21-13-5-3-12(4-6-13)18-15(19)11-14(16(18)20)17-7-9-22-10-8-17/h3-6,14H,2,7-11H2,1H3/p+1/t14-/m0/s1. The molecule has 6 heteroatoms. The van der Waals surface area contributed by atoms with Crippen LogP contribution in [0.5, 0.6) is 5.75 Å². The molecule has 1 N–H and O–H groups in total. The van der Waals surface area contributed by atoms with Crippen molar-refractivity contribution >= 4 is 29.3 Å². The molecule has 5 nitrogen and oxygen atoms in total. The number of imide groups is 1. The molecule has 2 amide bonds. The molecule has 0 spiro atoms. The molecule has 2 heterocycles. The summed E-state index contributed by atoms with van der Waals surface area (Å²) in [4.78, 5) is 27.6. The number of anilines is 1. The quantitative estimate of drug-likeness (QED) is 0.813. The monoisotopic (exact) mass is 321 g/mol. The SMILES string of the molecule is CCOc1ccc(N2C(=O)C[C@H]([NH+]3CCSCC3)C2=O)cc1. The predicted molar refractivity (Wildman–Crippen MR) is 86.5 cm³/mol. The highest BCUT2D eigenvalue weighted by Crippen LogP contribution is 2.24. The molecule has 0 aromatic heterocycles. The molecule has 1 aromatic rings. The Morgan fingerprint density at radius 1 is 1.23 bits per heavy atom. The average Bonchev–Trinajstić information content (AvgIpc) is 2.84. The van der Waals surface area contributed by atoms with E-state index in [1.54, 1.807) is 24.3 Å². The van der Waals surface area contributed by atoms with Gasteiger partial charge in [-0.05, 0) is 31.2 Å². The molecule has 22 heavy (non-hydrogen) atoms. The third kappa shape index (κ3) is 2.98. The van der Waals surface area contributed by atoms with Crippen molar-refractivity contribution in [2.24, 2.45) is 0 Å². The van der Waals surface area contributed by atoms with Crippen molar-refractivity contribution in [3.8, 4) is 5.75 Å². The van der Waals surface area contributed by atoms with Crippen LogP contribution in [0.25, 0.3) is 0 Å². The summed E-state index contributed by atoms with van der Waals surface area (Å²) in [6, 6.07) is 6.96. The third-order valence-corrected chi connectivity index (χ3v) is 5.17. The van der Waals surface area contributed by atoms with Crippen molar-refractivity contribution in [2.45, 2.75) is 19.4 Å². The van der Waals surface area contributed by atoms with E-state index in [2.05, 4.69) is 0 Å². The predicted octanol–water partition coefficient (Wildman–Crippen LogP) is 0.349. The highest BCUT2D eigenvalue weighted by atomic mass is 32.2. The van der Waals surface area contributed by atoms with Crippen LogP contribution in [-0.2, 0) is 9.59 Å². The maximum atomic E-state index is 12.7. The molecule has 2 fully saturated rings. The number of hydrogen-bond acceptors (Lipinski definition) is 4. The second-order valence-electron chi connectivity index (χ2n) is 5.52. The van der Waals surface area contributed by atoms with Crippen molar-refractivity contribution in [1.82, 2.24) is 0 Å². The largest absolute Gasteiger partial charge is 0.494 e. The Kier molecular flexibility index (Phi) is 4.69. The van der Waals surface area contributed by atoms with Crippen LogP contribution in [0, 0.1) is 0 Å². The minimum Gasteiger partial charge on any atom is -0.494 e. The van der Waals surface area contributed by atoms with Crippen LogP contribution < -0.4 is 14.5 Å². The second kappa shape index (κ2) is 6.71. The summed E-state index contributed by atoms with van der Waals surface area (Å²) in [6.07, 6.45) is 0.325. The Hall–Kier alpha value is -1.53. The summed E-state index contributed by atoms with van der Waals surface area (Å²) in [5, 5.41) is 0. The van der Waals surface area contributed by atoms with Gasteiger partial charge in [0, 0.05) is 11.5 Å². The molecule has 0 unspecified atom stereocenters. The van der Waals surface area contributed by atoms with Crippen LogP contribution in [0.15, 0.2) is 24.3 Å². The minimum absolute atomic E-state index is 0.0592. The summed E-state index contributed by atoms with van der Waals surface area (Å²) in [7, 11) is 0. The lowest BCUT2D eigenvalue weighted by molar-refractivity contribution is -0.911. The van der Waals surface area contributed by atoms with Crippen LogP contribution >= 0.6 is 11.8 Å². The number of amides is 2. The number of rotatable bonds is 4. The highest BCUT2D eigenvalue weighted by molar-refractivity contribution is 7.99. The number of carbonyl (C=O) groups excluding carboxylic acids is 2. The van der Waals surface area contributed by atoms with Gasteiger partial charge >= 0.3 is 0 Å². The van der Waals surface area contributed by atoms with Crippen LogP contribution in [0.3, 0.4) is 0 Å². The van der Waals surface area contributed by atoms with E-state index >= 15 is 0 Å². The molecule has 2 aliphatic rings. The number of benzene rings is 1. The first-order chi connectivity index (χ1) is 10.7. The average molecular weight is 321 g/mol. The van der Waals surface area contributed by atoms with Crippen molar-refractivity contribution in [3.05, 3.63) is 24.3 Å². The van der Waals surface area contributed by atoms with Gasteiger partial charge in [-0.15, -0.1) is 0 Å². The molecule has 0 bridgehead atoms. The van der Waals surface area contributed by atoms with Crippen LogP contribution in [0.2, 0.25) is 0 Å². The van der Waals surface area contributed by atoms with E-state index in [0.717, 1.165) is 30.3 Å². The van der Waals surface area contributed by atoms with Gasteiger partial charge < -0.3 is 9.64 Å². The lowest BCUT2D eigenvalue weighted by Gasteiger charge is -2.27. The van der Waals surface area contributed by atoms with Gasteiger partial charge in [-0.1, -0.05) is 0 Å². The zero-order valence-corrected chi connectivity index (χ0v) is 13.5. The zero-order valence-electron chi connectivity index (χ0n) is 12.7. The van der Waals surface area contributed by atoms with E-state index in [4.69, 9.17) is 4.74 Å². The van der Waals surface area contributed by atoms with E-state index in [9.17, 15) is 9.59 Å². The fourth-order valence-electron chi connectivity index (χ4n) is 3.06. The topological polar surface area (TPSA) is 51.0 Å². The van der Waals surface area contributed by atoms with Crippen molar-refractivity contribution < 1.29 is 19.2 Å². The number of quaternary nitrogens is 1. The van der Waals surface area contributed by atoms with E-state index in [1.165, 1.54) is 9.80 Å². The number of ether oxygens (including phenoxy) is 1. The summed E-state index contributed by atoms with van der Waals surface area (Å²) >= 11 is 1.92. The minimum atomic E-state index is -0.208. The molecule has 0 radical (unpaired) electrons.